The summed E-state index contributed by atoms with van der Waals surface area (Å²) in [6.45, 7) is 7.66. The first-order valence-corrected chi connectivity index (χ1v) is 19.3. The molecule has 3 fully saturated rings. The summed E-state index contributed by atoms with van der Waals surface area (Å²) in [5, 5.41) is 15.9. The summed E-state index contributed by atoms with van der Waals surface area (Å²) in [5.74, 6) is -1.79. The van der Waals surface area contributed by atoms with Gasteiger partial charge in [0.25, 0.3) is 5.91 Å². The fraction of sp³-hybridized carbons (Fsp3) is 0.583. The van der Waals surface area contributed by atoms with Gasteiger partial charge in [-0.25, -0.2) is 18.2 Å². The molecule has 51 heavy (non-hydrogen) atoms. The molecule has 15 heteroatoms. The number of carbonyl (C=O) groups excluding carboxylic acids is 3. The van der Waals surface area contributed by atoms with Crippen LogP contribution < -0.4 is 24.8 Å². The molecule has 2 saturated carbocycles. The second-order valence-electron chi connectivity index (χ2n) is 14.8. The second-order valence-corrected chi connectivity index (χ2v) is 16.8. The Morgan fingerprint density at radius 2 is 1.88 bits per heavy atom. The molecule has 2 aliphatic heterocycles. The van der Waals surface area contributed by atoms with E-state index in [1.165, 1.54) is 4.90 Å². The van der Waals surface area contributed by atoms with Gasteiger partial charge in [-0.1, -0.05) is 26.0 Å². The van der Waals surface area contributed by atoms with Crippen molar-refractivity contribution in [2.24, 2.45) is 17.8 Å². The third-order valence-electron chi connectivity index (χ3n) is 10.2. The third-order valence-corrected chi connectivity index (χ3v) is 12.1. The molecule has 276 valence electrons. The number of rotatable bonds is 8. The average molecular weight is 726 g/mol. The quantitative estimate of drug-likeness (QED) is 0.293. The highest BCUT2D eigenvalue weighted by Crippen LogP contribution is 2.46. The standard InChI is InChI=1S/C36H47N5O9S/c1-20(2)49-25-9-12-28-23(16-25)13-14-37-32(28)50-26-17-29-31(42)39-36(34(44)40-51(47,48)27-10-11-27)18-24(36)8-6-5-7-21(3)15-22(4)30(38-35(45)46)33(43)41(29)19-26/h6,8-9,12-14,16,20-22,24,26-27,29-30,38H,5,7,10-11,15,17-19H2,1-4H3,(H,39,42)(H,40,44)(H,45,46)/b8-6-/t21-,22+,24?,26+,29-,30-,36?/m0/s1. The van der Waals surface area contributed by atoms with Crippen molar-refractivity contribution in [3.63, 3.8) is 0 Å². The lowest BCUT2D eigenvalue weighted by Crippen LogP contribution is -2.59. The molecule has 4 aliphatic rings. The van der Waals surface area contributed by atoms with Gasteiger partial charge in [0.2, 0.25) is 27.7 Å². The van der Waals surface area contributed by atoms with Crippen molar-refractivity contribution < 1.29 is 42.2 Å². The SMILES string of the molecule is CC(C)Oc1ccc2c(O[C@@H]3C[C@H]4C(=O)NC5(C(=O)NS(=O)(=O)C6CC6)CC5/C=C\CC[C@H](C)C[C@@H](C)[C@H](NC(=O)O)C(=O)N4C3)nccc2c1. The number of sulfonamides is 1. The maximum Gasteiger partial charge on any atom is 0.405 e. The molecular weight excluding hydrogens is 678 g/mol. The van der Waals surface area contributed by atoms with Crippen LogP contribution in [0.25, 0.3) is 10.8 Å². The molecule has 1 aromatic carbocycles. The fourth-order valence-corrected chi connectivity index (χ4v) is 8.72. The predicted molar refractivity (Wildman–Crippen MR) is 187 cm³/mol. The van der Waals surface area contributed by atoms with Gasteiger partial charge in [-0.3, -0.25) is 19.1 Å². The summed E-state index contributed by atoms with van der Waals surface area (Å²) in [6.07, 6.45) is 6.36. The molecule has 0 spiro atoms. The Hall–Kier alpha value is -4.40. The minimum absolute atomic E-state index is 0.0203. The van der Waals surface area contributed by atoms with E-state index in [1.54, 1.807) is 6.20 Å². The zero-order chi connectivity index (χ0) is 36.7. The van der Waals surface area contributed by atoms with E-state index in [4.69, 9.17) is 9.47 Å². The minimum atomic E-state index is -3.90. The molecule has 2 aliphatic carbocycles. The van der Waals surface area contributed by atoms with Gasteiger partial charge in [0.05, 0.1) is 17.9 Å². The Morgan fingerprint density at radius 1 is 1.12 bits per heavy atom. The van der Waals surface area contributed by atoms with Crippen LogP contribution in [0.15, 0.2) is 42.6 Å². The number of carboxylic acid groups (broad SMARTS) is 1. The monoisotopic (exact) mass is 725 g/mol. The maximum atomic E-state index is 14.3. The van der Waals surface area contributed by atoms with Crippen LogP contribution in [0.2, 0.25) is 0 Å². The van der Waals surface area contributed by atoms with Crippen molar-refractivity contribution in [3.8, 4) is 11.6 Å². The maximum absolute atomic E-state index is 14.3. The van der Waals surface area contributed by atoms with Gasteiger partial charge < -0.3 is 30.1 Å². The summed E-state index contributed by atoms with van der Waals surface area (Å²) in [6, 6.07) is 5.04. The van der Waals surface area contributed by atoms with Gasteiger partial charge in [-0.15, -0.1) is 0 Å². The summed E-state index contributed by atoms with van der Waals surface area (Å²) >= 11 is 0. The number of carbonyl (C=O) groups is 4. The van der Waals surface area contributed by atoms with Gasteiger partial charge in [-0.2, -0.15) is 0 Å². The Morgan fingerprint density at radius 3 is 2.59 bits per heavy atom. The van der Waals surface area contributed by atoms with Crippen LogP contribution in [0.5, 0.6) is 11.6 Å². The zero-order valence-electron chi connectivity index (χ0n) is 29.3. The molecule has 0 bridgehead atoms. The molecule has 4 amide bonds. The van der Waals surface area contributed by atoms with Gasteiger partial charge in [0, 0.05) is 23.9 Å². The molecule has 3 heterocycles. The lowest BCUT2D eigenvalue weighted by Gasteiger charge is -2.32. The highest BCUT2D eigenvalue weighted by Gasteiger charge is 2.62. The third kappa shape index (κ3) is 8.08. The topological polar surface area (TPSA) is 193 Å². The van der Waals surface area contributed by atoms with E-state index >= 15 is 0 Å². The summed E-state index contributed by atoms with van der Waals surface area (Å²) in [5.41, 5.74) is -1.52. The Balaban J connectivity index is 1.32. The van der Waals surface area contributed by atoms with Gasteiger partial charge in [0.15, 0.2) is 0 Å². The molecule has 1 saturated heterocycles. The number of pyridine rings is 1. The first-order chi connectivity index (χ1) is 24.2. The van der Waals surface area contributed by atoms with Crippen LogP contribution in [0, 0.1) is 17.8 Å². The summed E-state index contributed by atoms with van der Waals surface area (Å²) in [4.78, 5) is 60.0. The molecule has 2 unspecified atom stereocenters. The van der Waals surface area contributed by atoms with E-state index in [1.807, 2.05) is 64.1 Å². The Bertz CT molecular complexity index is 1830. The summed E-state index contributed by atoms with van der Waals surface area (Å²) in [7, 11) is -3.90. The van der Waals surface area contributed by atoms with Gasteiger partial charge in [-0.05, 0) is 93.9 Å². The highest BCUT2D eigenvalue weighted by molar-refractivity contribution is 7.91. The van der Waals surface area contributed by atoms with Crippen molar-refractivity contribution in [2.45, 2.75) is 108 Å². The summed E-state index contributed by atoms with van der Waals surface area (Å²) < 4.78 is 40.0. The number of allylic oxidation sites excluding steroid dienone is 1. The van der Waals surface area contributed by atoms with Crippen LogP contribution >= 0.6 is 0 Å². The number of nitrogens with one attached hydrogen (secondary N) is 3. The number of fused-ring (bicyclic) bond motifs is 3. The lowest BCUT2D eigenvalue weighted by atomic mass is 9.88. The molecular formula is C36H47N5O9S. The van der Waals surface area contributed by atoms with Crippen LogP contribution in [0.1, 0.15) is 72.6 Å². The smallest absolute Gasteiger partial charge is 0.405 e. The van der Waals surface area contributed by atoms with E-state index in [2.05, 4.69) is 20.3 Å². The second kappa shape index (κ2) is 14.3. The highest BCUT2D eigenvalue weighted by atomic mass is 32.2. The normalized spacial score (nSPS) is 30.6. The van der Waals surface area contributed by atoms with Crippen molar-refractivity contribution >= 4 is 44.6 Å². The van der Waals surface area contributed by atoms with Crippen LogP contribution in [-0.2, 0) is 24.4 Å². The van der Waals surface area contributed by atoms with Crippen molar-refractivity contribution in [1.82, 2.24) is 25.2 Å². The number of amides is 4. The Kier molecular flexibility index (Phi) is 10.2. The van der Waals surface area contributed by atoms with E-state index in [9.17, 15) is 32.7 Å². The lowest BCUT2D eigenvalue weighted by molar-refractivity contribution is -0.142. The van der Waals surface area contributed by atoms with Crippen molar-refractivity contribution in [2.75, 3.05) is 6.54 Å². The van der Waals surface area contributed by atoms with Crippen LogP contribution in [0.3, 0.4) is 0 Å². The predicted octanol–water partition coefficient (Wildman–Crippen LogP) is 3.50. The van der Waals surface area contributed by atoms with Crippen molar-refractivity contribution in [1.29, 1.82) is 0 Å². The number of ether oxygens (including phenoxy) is 2. The van der Waals surface area contributed by atoms with E-state index in [-0.39, 0.29) is 31.4 Å². The van der Waals surface area contributed by atoms with Crippen LogP contribution in [-0.4, -0.2) is 88.8 Å². The number of hydrogen-bond acceptors (Lipinski definition) is 9. The molecule has 0 radical (unpaired) electrons. The van der Waals surface area contributed by atoms with Gasteiger partial charge in [0.1, 0.15) is 29.5 Å². The minimum Gasteiger partial charge on any atom is -0.491 e. The molecule has 4 N–H and O–H groups in total. The molecule has 2 aromatic rings. The molecule has 7 atom stereocenters. The average Bonchev–Trinajstić information content (AvgIpc) is 3.98. The van der Waals surface area contributed by atoms with Crippen molar-refractivity contribution in [3.05, 3.63) is 42.6 Å². The number of aromatic nitrogens is 1. The zero-order valence-corrected chi connectivity index (χ0v) is 30.1. The molecule has 1 aromatic heterocycles. The van der Waals surface area contributed by atoms with Crippen LogP contribution in [0.4, 0.5) is 4.79 Å². The molecule has 14 nitrogen and oxygen atoms in total. The number of nitrogens with zero attached hydrogens (tertiary/aromatic N) is 2. The Labute approximate surface area is 297 Å². The van der Waals surface area contributed by atoms with E-state index in [0.717, 1.165) is 11.8 Å². The molecule has 6 rings (SSSR count). The first-order valence-electron chi connectivity index (χ1n) is 17.7. The van der Waals surface area contributed by atoms with E-state index in [0.29, 0.717) is 42.7 Å². The number of benzene rings is 1. The largest absolute Gasteiger partial charge is 0.491 e. The fourth-order valence-electron chi connectivity index (χ4n) is 7.36. The number of hydrogen-bond donors (Lipinski definition) is 4. The van der Waals surface area contributed by atoms with Gasteiger partial charge >= 0.3 is 6.09 Å². The first kappa shape index (κ1) is 36.4. The van der Waals surface area contributed by atoms with E-state index < -0.39 is 74.7 Å².